The lowest BCUT2D eigenvalue weighted by molar-refractivity contribution is 0.487. The van der Waals surface area contributed by atoms with Crippen molar-refractivity contribution in [3.05, 3.63) is 152 Å². The van der Waals surface area contributed by atoms with E-state index in [1.807, 2.05) is 0 Å². The van der Waals surface area contributed by atoms with Gasteiger partial charge in [-0.1, -0.05) is 152 Å². The summed E-state index contributed by atoms with van der Waals surface area (Å²) in [7, 11) is -0.323. The second-order valence-corrected chi connectivity index (χ2v) is 16.1. The van der Waals surface area contributed by atoms with Crippen molar-refractivity contribution < 1.29 is 0 Å². The minimum Gasteiger partial charge on any atom is -0.195 e. The topological polar surface area (TPSA) is 0 Å². The van der Waals surface area contributed by atoms with E-state index in [1.165, 1.54) is 86.1 Å². The molecule has 0 spiro atoms. The van der Waals surface area contributed by atoms with Crippen LogP contribution in [0.25, 0.3) is 0 Å². The van der Waals surface area contributed by atoms with Gasteiger partial charge in [-0.05, 0) is 63.5 Å². The molecular weight excluding hydrogens is 546 g/mol. The molecule has 2 heteroatoms. The summed E-state index contributed by atoms with van der Waals surface area (Å²) < 4.78 is 0. The Bertz CT molecular complexity index is 1310. The van der Waals surface area contributed by atoms with Crippen LogP contribution >= 0.6 is 7.92 Å². The van der Waals surface area contributed by atoms with Gasteiger partial charge in [0.1, 0.15) is 6.15 Å². The van der Waals surface area contributed by atoms with Crippen LogP contribution in [-0.4, -0.2) is 17.5 Å². The molecule has 0 unspecified atom stereocenters. The second kappa shape index (κ2) is 15.5. The average Bonchev–Trinajstić information content (AvgIpc) is 3.12. The van der Waals surface area contributed by atoms with Gasteiger partial charge in [0.15, 0.2) is 0 Å². The molecule has 0 bridgehead atoms. The number of hydrogen-bond donors (Lipinski definition) is 0. The van der Waals surface area contributed by atoms with Crippen molar-refractivity contribution in [2.24, 2.45) is 0 Å². The fraction of sp³-hybridized carbons (Fsp3) is 0.286. The Labute approximate surface area is 267 Å². The van der Waals surface area contributed by atoms with Crippen molar-refractivity contribution in [1.82, 2.24) is 0 Å². The summed E-state index contributed by atoms with van der Waals surface area (Å²) in [6.07, 6.45) is 13.9. The number of rotatable bonds is 7. The lowest BCUT2D eigenvalue weighted by Crippen LogP contribution is -2.74. The highest BCUT2D eigenvalue weighted by atomic mass is 31.1. The van der Waals surface area contributed by atoms with Gasteiger partial charge in [-0.15, -0.1) is 0 Å². The highest BCUT2D eigenvalue weighted by molar-refractivity contribution is 7.67. The molecule has 7 rings (SSSR count). The standard InChI is InChI=1S/C24H20B.C18H27P/c1-5-13-21(14-6-1)25(22-15-7-2-8-16-22,23-17-9-3-10-18-23)24-19-11-4-12-20-24;1-4-10-16(11-5-1)19(17-12-6-2-7-13-17)18-14-8-3-9-15-18/h1-20H;1,4-5,10-11,17-18H,2-3,6-9,12-15H2/q-1;/p+1. The second-order valence-electron chi connectivity index (χ2n) is 13.0. The molecule has 0 amide bonds. The van der Waals surface area contributed by atoms with Gasteiger partial charge < -0.3 is 0 Å². The fourth-order valence-electron chi connectivity index (χ4n) is 8.38. The van der Waals surface area contributed by atoms with E-state index in [1.54, 1.807) is 5.30 Å². The highest BCUT2D eigenvalue weighted by Gasteiger charge is 2.38. The maximum Gasteiger partial charge on any atom is 0.108 e. The predicted molar refractivity (Wildman–Crippen MR) is 198 cm³/mol. The summed E-state index contributed by atoms with van der Waals surface area (Å²) in [5, 5.41) is 1.74. The maximum absolute atomic E-state index is 2.44. The highest BCUT2D eigenvalue weighted by Crippen LogP contribution is 2.54. The van der Waals surface area contributed by atoms with E-state index in [0.29, 0.717) is 0 Å². The largest absolute Gasteiger partial charge is 0.195 e. The molecule has 0 heterocycles. The van der Waals surface area contributed by atoms with Crippen LogP contribution in [0.15, 0.2) is 152 Å². The first-order chi connectivity index (χ1) is 21.9. The van der Waals surface area contributed by atoms with E-state index in [2.05, 4.69) is 152 Å². The van der Waals surface area contributed by atoms with Gasteiger partial charge in [0.05, 0.1) is 16.6 Å². The van der Waals surface area contributed by atoms with Crippen molar-refractivity contribution in [2.75, 3.05) is 0 Å². The van der Waals surface area contributed by atoms with Crippen LogP contribution in [-0.2, 0) is 0 Å². The normalized spacial score (nSPS) is 16.2. The fourth-order valence-corrected chi connectivity index (χ4v) is 12.6. The summed E-state index contributed by atoms with van der Waals surface area (Å²) in [5.41, 5.74) is 7.50. The average molecular weight is 595 g/mol. The third kappa shape index (κ3) is 6.95. The molecular formula is C42H48BP. The molecule has 0 nitrogen and oxygen atoms in total. The smallest absolute Gasteiger partial charge is 0.108 e. The number of hydrogen-bond acceptors (Lipinski definition) is 0. The molecule has 0 atom stereocenters. The quantitative estimate of drug-likeness (QED) is 0.132. The SMILES string of the molecule is c1ccc([B-](c2ccccc2)(c2ccccc2)c2ccccc2)cc1.c1ccc([PH+](C2CCCCC2)C2CCCCC2)cc1. The Morgan fingerprint density at radius 1 is 0.341 bits per heavy atom. The summed E-state index contributed by atoms with van der Waals surface area (Å²) in [6.45, 7) is 0. The van der Waals surface area contributed by atoms with Crippen LogP contribution in [0.3, 0.4) is 0 Å². The van der Waals surface area contributed by atoms with E-state index < -0.39 is 6.15 Å². The summed E-state index contributed by atoms with van der Waals surface area (Å²) in [6, 6.07) is 55.1. The molecule has 0 aliphatic heterocycles. The Morgan fingerprint density at radius 2 is 0.614 bits per heavy atom. The summed E-state index contributed by atoms with van der Waals surface area (Å²) in [4.78, 5) is 0. The van der Waals surface area contributed by atoms with Crippen LogP contribution in [0.5, 0.6) is 0 Å². The molecule has 0 N–H and O–H groups in total. The molecule has 0 saturated heterocycles. The molecule has 2 fully saturated rings. The molecule has 44 heavy (non-hydrogen) atoms. The first kappa shape index (κ1) is 30.6. The molecule has 5 aromatic rings. The van der Waals surface area contributed by atoms with Gasteiger partial charge in [-0.3, -0.25) is 0 Å². The minimum atomic E-state index is -1.22. The van der Waals surface area contributed by atoms with Crippen LogP contribution in [0.2, 0.25) is 0 Å². The lowest BCUT2D eigenvalue weighted by Gasteiger charge is -2.44. The van der Waals surface area contributed by atoms with E-state index in [-0.39, 0.29) is 7.92 Å². The van der Waals surface area contributed by atoms with Crippen molar-refractivity contribution >= 4 is 41.2 Å². The van der Waals surface area contributed by atoms with Crippen LogP contribution in [0.4, 0.5) is 0 Å². The van der Waals surface area contributed by atoms with E-state index >= 15 is 0 Å². The van der Waals surface area contributed by atoms with Gasteiger partial charge in [-0.2, -0.15) is 21.9 Å². The van der Waals surface area contributed by atoms with E-state index in [0.717, 1.165) is 11.3 Å². The van der Waals surface area contributed by atoms with E-state index in [4.69, 9.17) is 0 Å². The zero-order valence-electron chi connectivity index (χ0n) is 26.2. The van der Waals surface area contributed by atoms with Gasteiger partial charge in [-0.25, -0.2) is 0 Å². The zero-order valence-corrected chi connectivity index (χ0v) is 27.2. The third-order valence-corrected chi connectivity index (χ3v) is 14.3. The first-order valence-electron chi connectivity index (χ1n) is 17.2. The van der Waals surface area contributed by atoms with Crippen molar-refractivity contribution in [2.45, 2.75) is 75.5 Å². The molecule has 0 aromatic heterocycles. The van der Waals surface area contributed by atoms with Crippen LogP contribution < -0.4 is 27.2 Å². The number of benzene rings is 5. The van der Waals surface area contributed by atoms with Crippen molar-refractivity contribution in [3.63, 3.8) is 0 Å². The Hall–Kier alpha value is -3.41. The Balaban J connectivity index is 0.000000162. The van der Waals surface area contributed by atoms with Crippen molar-refractivity contribution in [3.8, 4) is 0 Å². The molecule has 2 aliphatic rings. The predicted octanol–water partition coefficient (Wildman–Crippen LogP) is 8.26. The van der Waals surface area contributed by atoms with E-state index in [9.17, 15) is 0 Å². The minimum absolute atomic E-state index is 0.323. The molecule has 2 aliphatic carbocycles. The molecule has 2 saturated carbocycles. The molecule has 0 radical (unpaired) electrons. The van der Waals surface area contributed by atoms with Gasteiger partial charge in [0.25, 0.3) is 0 Å². The van der Waals surface area contributed by atoms with Gasteiger partial charge in [0, 0.05) is 7.92 Å². The lowest BCUT2D eigenvalue weighted by atomic mass is 9.13. The van der Waals surface area contributed by atoms with Crippen LogP contribution in [0, 0.1) is 0 Å². The molecule has 5 aromatic carbocycles. The summed E-state index contributed by atoms with van der Waals surface area (Å²) >= 11 is 0. The van der Waals surface area contributed by atoms with Crippen LogP contribution in [0.1, 0.15) is 64.2 Å². The van der Waals surface area contributed by atoms with Crippen molar-refractivity contribution in [1.29, 1.82) is 0 Å². The Morgan fingerprint density at radius 3 is 0.909 bits per heavy atom. The zero-order chi connectivity index (χ0) is 29.9. The molecule has 224 valence electrons. The monoisotopic (exact) mass is 594 g/mol. The maximum atomic E-state index is 2.44. The summed E-state index contributed by atoms with van der Waals surface area (Å²) in [5.74, 6) is 0. The van der Waals surface area contributed by atoms with Gasteiger partial charge in [0.2, 0.25) is 0 Å². The van der Waals surface area contributed by atoms with Gasteiger partial charge >= 0.3 is 0 Å². The third-order valence-electron chi connectivity index (χ3n) is 10.4. The Kier molecular flexibility index (Phi) is 10.8. The first-order valence-corrected chi connectivity index (χ1v) is 18.8.